The van der Waals surface area contributed by atoms with Crippen LogP contribution in [0.4, 0.5) is 0 Å². The van der Waals surface area contributed by atoms with Crippen LogP contribution >= 0.6 is 0 Å². The number of methoxy groups -OCH3 is 1. The van der Waals surface area contributed by atoms with Crippen molar-refractivity contribution in [3.63, 3.8) is 0 Å². The van der Waals surface area contributed by atoms with Gasteiger partial charge in [0.25, 0.3) is 0 Å². The Labute approximate surface area is 86.9 Å². The fourth-order valence-electron chi connectivity index (χ4n) is 1.64. The monoisotopic (exact) mass is 198 g/mol. The van der Waals surface area contributed by atoms with Crippen molar-refractivity contribution in [1.29, 1.82) is 0 Å². The van der Waals surface area contributed by atoms with Crippen LogP contribution in [0.15, 0.2) is 12.7 Å². The lowest BCUT2D eigenvalue weighted by Gasteiger charge is -2.23. The van der Waals surface area contributed by atoms with E-state index in [1.165, 1.54) is 12.8 Å². The van der Waals surface area contributed by atoms with Crippen molar-refractivity contribution in [2.75, 3.05) is 26.8 Å². The minimum Gasteiger partial charge on any atom is -0.385 e. The molecule has 0 aromatic carbocycles. The second-order valence-corrected chi connectivity index (χ2v) is 4.02. The molecule has 0 bridgehead atoms. The van der Waals surface area contributed by atoms with E-state index in [-0.39, 0.29) is 6.04 Å². The summed E-state index contributed by atoms with van der Waals surface area (Å²) in [6, 6.07) is 0.997. The van der Waals surface area contributed by atoms with Crippen LogP contribution in [-0.2, 0) is 4.74 Å². The fourth-order valence-corrected chi connectivity index (χ4v) is 1.64. The maximum absolute atomic E-state index is 6.00. The van der Waals surface area contributed by atoms with Crippen molar-refractivity contribution in [2.24, 2.45) is 5.73 Å². The third-order valence-corrected chi connectivity index (χ3v) is 2.59. The van der Waals surface area contributed by atoms with Gasteiger partial charge in [0, 0.05) is 38.9 Å². The summed E-state index contributed by atoms with van der Waals surface area (Å²) < 4.78 is 5.01. The first kappa shape index (κ1) is 11.7. The van der Waals surface area contributed by atoms with Crippen LogP contribution in [0.25, 0.3) is 0 Å². The van der Waals surface area contributed by atoms with E-state index in [1.807, 2.05) is 6.08 Å². The zero-order valence-corrected chi connectivity index (χ0v) is 9.11. The topological polar surface area (TPSA) is 38.5 Å². The van der Waals surface area contributed by atoms with Gasteiger partial charge in [0.05, 0.1) is 0 Å². The van der Waals surface area contributed by atoms with Crippen LogP contribution in [0.2, 0.25) is 0 Å². The number of hydrogen-bond donors (Lipinski definition) is 1. The first-order chi connectivity index (χ1) is 6.77. The first-order valence-corrected chi connectivity index (χ1v) is 5.37. The van der Waals surface area contributed by atoms with E-state index >= 15 is 0 Å². The van der Waals surface area contributed by atoms with Gasteiger partial charge < -0.3 is 10.5 Å². The number of nitrogens with zero attached hydrogens (tertiary/aromatic N) is 1. The Kier molecular flexibility index (Phi) is 5.15. The minimum atomic E-state index is 0.232. The molecule has 3 nitrogen and oxygen atoms in total. The van der Waals surface area contributed by atoms with Gasteiger partial charge in [-0.3, -0.25) is 4.90 Å². The normalized spacial score (nSPS) is 18.5. The van der Waals surface area contributed by atoms with Gasteiger partial charge in [0.2, 0.25) is 0 Å². The lowest BCUT2D eigenvalue weighted by Crippen LogP contribution is -2.39. The molecule has 1 unspecified atom stereocenters. The van der Waals surface area contributed by atoms with Crippen molar-refractivity contribution in [3.05, 3.63) is 12.7 Å². The molecule has 0 aromatic heterocycles. The van der Waals surface area contributed by atoms with Gasteiger partial charge in [0.1, 0.15) is 0 Å². The maximum atomic E-state index is 6.00. The molecule has 0 aromatic rings. The van der Waals surface area contributed by atoms with Gasteiger partial charge >= 0.3 is 0 Å². The third kappa shape index (κ3) is 4.22. The summed E-state index contributed by atoms with van der Waals surface area (Å²) in [7, 11) is 1.72. The molecule has 1 aliphatic rings. The molecule has 0 amide bonds. The number of ether oxygens (including phenoxy) is 1. The summed E-state index contributed by atoms with van der Waals surface area (Å²) in [5, 5.41) is 0. The molecule has 1 fully saturated rings. The molecule has 82 valence electrons. The number of hydrogen-bond acceptors (Lipinski definition) is 3. The molecule has 1 aliphatic carbocycles. The molecule has 14 heavy (non-hydrogen) atoms. The van der Waals surface area contributed by atoms with E-state index in [4.69, 9.17) is 10.5 Å². The van der Waals surface area contributed by atoms with Gasteiger partial charge in [0.15, 0.2) is 0 Å². The highest BCUT2D eigenvalue weighted by atomic mass is 16.5. The van der Waals surface area contributed by atoms with Crippen LogP contribution in [0.5, 0.6) is 0 Å². The van der Waals surface area contributed by atoms with E-state index in [1.54, 1.807) is 7.11 Å². The summed E-state index contributed by atoms with van der Waals surface area (Å²) in [5.41, 5.74) is 6.00. The zero-order chi connectivity index (χ0) is 10.4. The summed E-state index contributed by atoms with van der Waals surface area (Å²) >= 11 is 0. The van der Waals surface area contributed by atoms with Gasteiger partial charge in [-0.2, -0.15) is 0 Å². The fraction of sp³-hybridized carbons (Fsp3) is 0.818. The zero-order valence-electron chi connectivity index (χ0n) is 9.11. The van der Waals surface area contributed by atoms with E-state index < -0.39 is 0 Å². The van der Waals surface area contributed by atoms with Crippen LogP contribution in [0.3, 0.4) is 0 Å². The van der Waals surface area contributed by atoms with Crippen LogP contribution in [0, 0.1) is 0 Å². The highest BCUT2D eigenvalue weighted by molar-refractivity contribution is 4.89. The Morgan fingerprint density at radius 3 is 2.86 bits per heavy atom. The van der Waals surface area contributed by atoms with Crippen LogP contribution in [0.1, 0.15) is 19.3 Å². The van der Waals surface area contributed by atoms with E-state index in [2.05, 4.69) is 11.5 Å². The van der Waals surface area contributed by atoms with Crippen LogP contribution < -0.4 is 5.73 Å². The molecule has 1 atom stereocenters. The molecule has 0 spiro atoms. The predicted octanol–water partition coefficient (Wildman–Crippen LogP) is 1.00. The summed E-state index contributed by atoms with van der Waals surface area (Å²) in [4.78, 5) is 2.42. The van der Waals surface area contributed by atoms with Gasteiger partial charge in [-0.05, 0) is 19.3 Å². The van der Waals surface area contributed by atoms with E-state index in [0.29, 0.717) is 0 Å². The minimum absolute atomic E-state index is 0.232. The first-order valence-electron chi connectivity index (χ1n) is 5.37. The number of rotatable bonds is 8. The van der Waals surface area contributed by atoms with Crippen molar-refractivity contribution < 1.29 is 4.74 Å². The molecule has 2 N–H and O–H groups in total. The Morgan fingerprint density at radius 2 is 2.36 bits per heavy atom. The van der Waals surface area contributed by atoms with Gasteiger partial charge in [-0.15, -0.1) is 6.58 Å². The predicted molar refractivity (Wildman–Crippen MR) is 59.3 cm³/mol. The highest BCUT2D eigenvalue weighted by Gasteiger charge is 2.28. The smallest absolute Gasteiger partial charge is 0.0477 e. The van der Waals surface area contributed by atoms with Crippen molar-refractivity contribution in [2.45, 2.75) is 31.3 Å². The molecule has 0 heterocycles. The Hall–Kier alpha value is -0.380. The second-order valence-electron chi connectivity index (χ2n) is 4.02. The van der Waals surface area contributed by atoms with Crippen molar-refractivity contribution >= 4 is 0 Å². The van der Waals surface area contributed by atoms with E-state index in [9.17, 15) is 0 Å². The van der Waals surface area contributed by atoms with Crippen molar-refractivity contribution in [1.82, 2.24) is 4.90 Å². The van der Waals surface area contributed by atoms with Crippen molar-refractivity contribution in [3.8, 4) is 0 Å². The Bertz CT molecular complexity index is 169. The van der Waals surface area contributed by atoms with E-state index in [0.717, 1.165) is 32.2 Å². The molecule has 0 radical (unpaired) electrons. The average molecular weight is 198 g/mol. The molecule has 1 rings (SSSR count). The number of nitrogens with two attached hydrogens (primary N) is 1. The summed E-state index contributed by atoms with van der Waals surface area (Å²) in [6.07, 6.45) is 5.55. The average Bonchev–Trinajstić information content (AvgIpc) is 2.97. The maximum Gasteiger partial charge on any atom is 0.0477 e. The molecular formula is C11H22N2O. The summed E-state index contributed by atoms with van der Waals surface area (Å²) in [6.45, 7) is 6.47. The van der Waals surface area contributed by atoms with Gasteiger partial charge in [-0.1, -0.05) is 6.08 Å². The molecule has 1 saturated carbocycles. The lowest BCUT2D eigenvalue weighted by molar-refractivity contribution is 0.176. The third-order valence-electron chi connectivity index (χ3n) is 2.59. The SMILES string of the molecule is C=CCN(CC(N)CCOC)C1CC1. The summed E-state index contributed by atoms with van der Waals surface area (Å²) in [5.74, 6) is 0. The largest absolute Gasteiger partial charge is 0.385 e. The quantitative estimate of drug-likeness (QED) is 0.591. The standard InChI is InChI=1S/C11H22N2O/c1-3-7-13(11-4-5-11)9-10(12)6-8-14-2/h3,10-11H,1,4-9,12H2,2H3. The lowest BCUT2D eigenvalue weighted by atomic mass is 10.2. The van der Waals surface area contributed by atoms with Crippen LogP contribution in [-0.4, -0.2) is 43.8 Å². The molecular weight excluding hydrogens is 176 g/mol. The Morgan fingerprint density at radius 1 is 1.64 bits per heavy atom. The molecule has 0 aliphatic heterocycles. The molecule has 3 heteroatoms. The highest BCUT2D eigenvalue weighted by Crippen LogP contribution is 2.26. The Balaban J connectivity index is 2.19. The second kappa shape index (κ2) is 6.17. The van der Waals surface area contributed by atoms with Gasteiger partial charge in [-0.25, -0.2) is 0 Å². The molecule has 0 saturated heterocycles.